The molecule has 3 heterocycles. The lowest BCUT2D eigenvalue weighted by Gasteiger charge is -2.31. The molecule has 2 aliphatic heterocycles. The van der Waals surface area contributed by atoms with Gasteiger partial charge < -0.3 is 19.5 Å². The van der Waals surface area contributed by atoms with Crippen LogP contribution in [0.3, 0.4) is 0 Å². The standard InChI is InChI=1S/C28H31FN4O3/c1-18(2)19-5-9-23(10-6-19)31-27(34)21-11-13-32(14-12-21)28(35)26-24-16-36-25(15-33(24)17-30-26)20-3-7-22(29)8-4-20/h3-10,17-18,21,25H,11-16H2,1-2H3,(H,31,34). The van der Waals surface area contributed by atoms with Gasteiger partial charge in [-0.2, -0.15) is 0 Å². The van der Waals surface area contributed by atoms with Gasteiger partial charge in [-0.3, -0.25) is 9.59 Å². The van der Waals surface area contributed by atoms with Crippen LogP contribution in [0.2, 0.25) is 0 Å². The van der Waals surface area contributed by atoms with E-state index in [0.717, 1.165) is 16.9 Å². The van der Waals surface area contributed by atoms with Crippen LogP contribution in [-0.4, -0.2) is 39.4 Å². The van der Waals surface area contributed by atoms with Crippen molar-refractivity contribution in [2.75, 3.05) is 18.4 Å². The van der Waals surface area contributed by atoms with Crippen molar-refractivity contribution in [2.24, 2.45) is 5.92 Å². The molecule has 1 aromatic heterocycles. The lowest BCUT2D eigenvalue weighted by atomic mass is 9.95. The molecule has 1 saturated heterocycles. The number of amides is 2. The number of rotatable bonds is 5. The maximum absolute atomic E-state index is 13.2. The summed E-state index contributed by atoms with van der Waals surface area (Å²) >= 11 is 0. The molecule has 188 valence electrons. The Morgan fingerprint density at radius 1 is 1.06 bits per heavy atom. The van der Waals surface area contributed by atoms with E-state index in [1.165, 1.54) is 17.7 Å². The third-order valence-corrected chi connectivity index (χ3v) is 7.17. The van der Waals surface area contributed by atoms with Crippen LogP contribution >= 0.6 is 0 Å². The normalized spacial score (nSPS) is 18.2. The van der Waals surface area contributed by atoms with Gasteiger partial charge in [0.25, 0.3) is 5.91 Å². The molecule has 8 heteroatoms. The van der Waals surface area contributed by atoms with Crippen molar-refractivity contribution in [3.05, 3.63) is 83.2 Å². The van der Waals surface area contributed by atoms with Crippen LogP contribution in [0.15, 0.2) is 54.9 Å². The minimum Gasteiger partial charge on any atom is -0.365 e. The number of imidazole rings is 1. The highest BCUT2D eigenvalue weighted by Gasteiger charge is 2.32. The first-order valence-corrected chi connectivity index (χ1v) is 12.5. The van der Waals surface area contributed by atoms with Crippen molar-refractivity contribution in [3.63, 3.8) is 0 Å². The van der Waals surface area contributed by atoms with Crippen LogP contribution in [0.1, 0.15) is 66.0 Å². The number of anilines is 1. The molecule has 2 aromatic carbocycles. The zero-order chi connectivity index (χ0) is 25.2. The Balaban J connectivity index is 1.16. The van der Waals surface area contributed by atoms with Crippen molar-refractivity contribution < 1.29 is 18.7 Å². The molecule has 2 aliphatic rings. The molecule has 0 saturated carbocycles. The van der Waals surface area contributed by atoms with Gasteiger partial charge in [-0.15, -0.1) is 0 Å². The quantitative estimate of drug-likeness (QED) is 0.552. The first kappa shape index (κ1) is 24.2. The number of piperidine rings is 1. The van der Waals surface area contributed by atoms with E-state index in [1.807, 2.05) is 28.8 Å². The van der Waals surface area contributed by atoms with Crippen molar-refractivity contribution in [2.45, 2.75) is 51.9 Å². The Morgan fingerprint density at radius 2 is 1.75 bits per heavy atom. The molecule has 1 fully saturated rings. The maximum atomic E-state index is 13.2. The van der Waals surface area contributed by atoms with E-state index in [2.05, 4.69) is 24.1 Å². The molecule has 7 nitrogen and oxygen atoms in total. The maximum Gasteiger partial charge on any atom is 0.274 e. The fraction of sp³-hybridized carbons (Fsp3) is 0.393. The Hall–Kier alpha value is -3.52. The van der Waals surface area contributed by atoms with Crippen LogP contribution in [-0.2, 0) is 22.7 Å². The van der Waals surface area contributed by atoms with Gasteiger partial charge in [-0.1, -0.05) is 38.1 Å². The highest BCUT2D eigenvalue weighted by Crippen LogP contribution is 2.29. The van der Waals surface area contributed by atoms with Gasteiger partial charge in [0.2, 0.25) is 5.91 Å². The fourth-order valence-corrected chi connectivity index (χ4v) is 4.88. The van der Waals surface area contributed by atoms with Crippen molar-refractivity contribution >= 4 is 17.5 Å². The minimum absolute atomic E-state index is 0.000924. The van der Waals surface area contributed by atoms with Crippen molar-refractivity contribution in [3.8, 4) is 0 Å². The summed E-state index contributed by atoms with van der Waals surface area (Å²) in [4.78, 5) is 32.2. The number of likely N-dealkylation sites (tertiary alicyclic amines) is 1. The van der Waals surface area contributed by atoms with Gasteiger partial charge in [0, 0.05) is 24.7 Å². The van der Waals surface area contributed by atoms with Gasteiger partial charge >= 0.3 is 0 Å². The molecule has 5 rings (SSSR count). The number of hydrogen-bond acceptors (Lipinski definition) is 4. The second-order valence-corrected chi connectivity index (χ2v) is 9.88. The third kappa shape index (κ3) is 5.04. The second kappa shape index (κ2) is 10.2. The molecule has 0 bridgehead atoms. The molecule has 1 unspecified atom stereocenters. The summed E-state index contributed by atoms with van der Waals surface area (Å²) in [5.41, 5.74) is 4.08. The summed E-state index contributed by atoms with van der Waals surface area (Å²) in [6.45, 7) is 6.07. The number of carbonyl (C=O) groups excluding carboxylic acids is 2. The zero-order valence-electron chi connectivity index (χ0n) is 20.6. The average molecular weight is 491 g/mol. The molecule has 3 aromatic rings. The van der Waals surface area contributed by atoms with Crippen molar-refractivity contribution in [1.82, 2.24) is 14.5 Å². The molecule has 2 amide bonds. The average Bonchev–Trinajstić information content (AvgIpc) is 3.32. The zero-order valence-corrected chi connectivity index (χ0v) is 20.6. The summed E-state index contributed by atoms with van der Waals surface area (Å²) in [5.74, 6) is -0.100. The number of aromatic nitrogens is 2. The number of ether oxygens (including phenoxy) is 1. The van der Waals surface area contributed by atoms with E-state index < -0.39 is 0 Å². The molecule has 0 radical (unpaired) electrons. The number of nitrogens with one attached hydrogen (secondary N) is 1. The van der Waals surface area contributed by atoms with Crippen molar-refractivity contribution in [1.29, 1.82) is 0 Å². The predicted octanol–water partition coefficient (Wildman–Crippen LogP) is 4.91. The molecule has 1 atom stereocenters. The summed E-state index contributed by atoms with van der Waals surface area (Å²) in [7, 11) is 0. The molecular formula is C28H31FN4O3. The van der Waals surface area contributed by atoms with E-state index in [0.29, 0.717) is 44.1 Å². The van der Waals surface area contributed by atoms with E-state index in [4.69, 9.17) is 4.74 Å². The van der Waals surface area contributed by atoms with Crippen LogP contribution in [0.5, 0.6) is 0 Å². The topological polar surface area (TPSA) is 76.5 Å². The highest BCUT2D eigenvalue weighted by molar-refractivity contribution is 5.95. The van der Waals surface area contributed by atoms with Crippen LogP contribution in [0, 0.1) is 11.7 Å². The Labute approximate surface area is 210 Å². The van der Waals surface area contributed by atoms with E-state index >= 15 is 0 Å². The second-order valence-electron chi connectivity index (χ2n) is 9.88. The van der Waals surface area contributed by atoms with Crippen LogP contribution in [0.4, 0.5) is 10.1 Å². The van der Waals surface area contributed by atoms with Gasteiger partial charge in [-0.05, 0) is 54.2 Å². The number of halogens is 1. The summed E-state index contributed by atoms with van der Waals surface area (Å²) in [5, 5.41) is 3.02. The number of nitrogens with zero attached hydrogens (tertiary/aromatic N) is 3. The van der Waals surface area contributed by atoms with Gasteiger partial charge in [0.15, 0.2) is 5.69 Å². The number of hydrogen-bond donors (Lipinski definition) is 1. The molecule has 36 heavy (non-hydrogen) atoms. The number of benzene rings is 2. The van der Waals surface area contributed by atoms with Gasteiger partial charge in [0.05, 0.1) is 25.2 Å². The number of carbonyl (C=O) groups is 2. The molecule has 0 spiro atoms. The first-order chi connectivity index (χ1) is 17.4. The smallest absolute Gasteiger partial charge is 0.274 e. The Bertz CT molecular complexity index is 1230. The minimum atomic E-state index is -0.285. The largest absolute Gasteiger partial charge is 0.365 e. The third-order valence-electron chi connectivity index (χ3n) is 7.17. The summed E-state index contributed by atoms with van der Waals surface area (Å²) in [6.07, 6.45) is 2.68. The van der Waals surface area contributed by atoms with Gasteiger partial charge in [0.1, 0.15) is 11.9 Å². The van der Waals surface area contributed by atoms with E-state index in [9.17, 15) is 14.0 Å². The highest BCUT2D eigenvalue weighted by atomic mass is 19.1. The Kier molecular flexibility index (Phi) is 6.87. The van der Waals surface area contributed by atoms with Crippen LogP contribution < -0.4 is 5.32 Å². The SMILES string of the molecule is CC(C)c1ccc(NC(=O)C2CCN(C(=O)c3ncn4c3COC(c3ccc(F)cc3)C4)CC2)cc1. The first-order valence-electron chi connectivity index (χ1n) is 12.5. The lowest BCUT2D eigenvalue weighted by molar-refractivity contribution is -0.121. The molecular weight excluding hydrogens is 459 g/mol. The van der Waals surface area contributed by atoms with E-state index in [-0.39, 0.29) is 36.3 Å². The molecule has 1 N–H and O–H groups in total. The fourth-order valence-electron chi connectivity index (χ4n) is 4.88. The monoisotopic (exact) mass is 490 g/mol. The predicted molar refractivity (Wildman–Crippen MR) is 134 cm³/mol. The van der Waals surface area contributed by atoms with E-state index in [1.54, 1.807) is 23.4 Å². The number of fused-ring (bicyclic) bond motifs is 1. The lowest BCUT2D eigenvalue weighted by Crippen LogP contribution is -2.42. The summed E-state index contributed by atoms with van der Waals surface area (Å²) < 4.78 is 21.2. The van der Waals surface area contributed by atoms with Gasteiger partial charge in [-0.25, -0.2) is 9.37 Å². The summed E-state index contributed by atoms with van der Waals surface area (Å²) in [6, 6.07) is 14.2. The molecule has 0 aliphatic carbocycles. The van der Waals surface area contributed by atoms with Crippen LogP contribution in [0.25, 0.3) is 0 Å². The Morgan fingerprint density at radius 3 is 2.42 bits per heavy atom.